The van der Waals surface area contributed by atoms with E-state index in [1.807, 2.05) is 25.2 Å². The first-order valence-corrected chi connectivity index (χ1v) is 3.48. The number of nitrogens with one attached hydrogen (secondary N) is 1. The lowest BCUT2D eigenvalue weighted by atomic mass is 10.1. The quantitative estimate of drug-likeness (QED) is 0.629. The van der Waals surface area contributed by atoms with Crippen LogP contribution in [0.2, 0.25) is 0 Å². The highest BCUT2D eigenvalue weighted by atomic mass is 14.8. The Labute approximate surface area is 66.7 Å². The van der Waals surface area contributed by atoms with Crippen LogP contribution in [0.1, 0.15) is 5.56 Å². The smallest absolute Gasteiger partial charge is 0.0431 e. The van der Waals surface area contributed by atoms with E-state index < -0.39 is 0 Å². The molecule has 58 valence electrons. The van der Waals surface area contributed by atoms with Crippen molar-refractivity contribution in [2.45, 2.75) is 0 Å². The number of rotatable bonds is 2. The SMILES string of the molecule is C=Cc1c(N)cccc1NC. The van der Waals surface area contributed by atoms with E-state index in [1.165, 1.54) is 0 Å². The molecule has 0 spiro atoms. The van der Waals surface area contributed by atoms with Gasteiger partial charge in [0.15, 0.2) is 0 Å². The maximum absolute atomic E-state index is 5.70. The first-order valence-electron chi connectivity index (χ1n) is 3.48. The van der Waals surface area contributed by atoms with E-state index in [0.717, 1.165) is 16.9 Å². The van der Waals surface area contributed by atoms with Crippen LogP contribution in [-0.2, 0) is 0 Å². The van der Waals surface area contributed by atoms with Gasteiger partial charge in [0.2, 0.25) is 0 Å². The summed E-state index contributed by atoms with van der Waals surface area (Å²) in [6, 6.07) is 5.74. The third-order valence-corrected chi connectivity index (χ3v) is 1.61. The highest BCUT2D eigenvalue weighted by Gasteiger charge is 1.98. The van der Waals surface area contributed by atoms with Crippen molar-refractivity contribution < 1.29 is 0 Å². The minimum Gasteiger partial charge on any atom is -0.398 e. The van der Waals surface area contributed by atoms with Gasteiger partial charge in [0.1, 0.15) is 0 Å². The highest BCUT2D eigenvalue weighted by molar-refractivity contribution is 5.75. The fourth-order valence-electron chi connectivity index (χ4n) is 1.03. The van der Waals surface area contributed by atoms with Crippen molar-refractivity contribution in [2.75, 3.05) is 18.1 Å². The van der Waals surface area contributed by atoms with Crippen molar-refractivity contribution >= 4 is 17.5 Å². The first kappa shape index (κ1) is 7.66. The van der Waals surface area contributed by atoms with Crippen LogP contribution in [0.4, 0.5) is 11.4 Å². The number of nitrogens with two attached hydrogens (primary N) is 1. The molecule has 2 nitrogen and oxygen atoms in total. The fourth-order valence-corrected chi connectivity index (χ4v) is 1.03. The van der Waals surface area contributed by atoms with Gasteiger partial charge in [-0.3, -0.25) is 0 Å². The highest BCUT2D eigenvalue weighted by Crippen LogP contribution is 2.21. The maximum atomic E-state index is 5.70. The molecule has 1 aromatic carbocycles. The van der Waals surface area contributed by atoms with Gasteiger partial charge in [-0.05, 0) is 12.1 Å². The molecule has 11 heavy (non-hydrogen) atoms. The molecule has 0 unspecified atom stereocenters. The molecule has 0 radical (unpaired) electrons. The van der Waals surface area contributed by atoms with Crippen LogP contribution in [0.15, 0.2) is 24.8 Å². The summed E-state index contributed by atoms with van der Waals surface area (Å²) < 4.78 is 0. The summed E-state index contributed by atoms with van der Waals surface area (Å²) >= 11 is 0. The molecule has 0 fully saturated rings. The third kappa shape index (κ3) is 1.34. The molecule has 0 aliphatic rings. The zero-order chi connectivity index (χ0) is 8.27. The van der Waals surface area contributed by atoms with Crippen LogP contribution >= 0.6 is 0 Å². The molecule has 0 heterocycles. The standard InChI is InChI=1S/C9H12N2/c1-3-7-8(10)5-4-6-9(7)11-2/h3-6,11H,1,10H2,2H3. The predicted molar refractivity (Wildman–Crippen MR) is 50.5 cm³/mol. The van der Waals surface area contributed by atoms with Crippen LogP contribution in [0.25, 0.3) is 6.08 Å². The Morgan fingerprint density at radius 1 is 1.55 bits per heavy atom. The van der Waals surface area contributed by atoms with Gasteiger partial charge in [0, 0.05) is 24.0 Å². The van der Waals surface area contributed by atoms with E-state index in [4.69, 9.17) is 5.73 Å². The molecule has 0 aliphatic carbocycles. The molecule has 2 heteroatoms. The van der Waals surface area contributed by atoms with Gasteiger partial charge >= 0.3 is 0 Å². The molecule has 0 saturated heterocycles. The van der Waals surface area contributed by atoms with Crippen LogP contribution in [0, 0.1) is 0 Å². The first-order chi connectivity index (χ1) is 5.29. The summed E-state index contributed by atoms with van der Waals surface area (Å²) in [4.78, 5) is 0. The van der Waals surface area contributed by atoms with Gasteiger partial charge < -0.3 is 11.1 Å². The monoisotopic (exact) mass is 148 g/mol. The molecular weight excluding hydrogens is 136 g/mol. The van der Waals surface area contributed by atoms with Gasteiger partial charge in [-0.25, -0.2) is 0 Å². The normalized spacial score (nSPS) is 9.18. The molecule has 1 rings (SSSR count). The maximum Gasteiger partial charge on any atom is 0.0431 e. The average Bonchev–Trinajstić information content (AvgIpc) is 2.04. The number of nitrogen functional groups attached to an aromatic ring is 1. The second-order valence-electron chi connectivity index (χ2n) is 2.26. The second-order valence-corrected chi connectivity index (χ2v) is 2.26. The summed E-state index contributed by atoms with van der Waals surface area (Å²) in [5, 5.41) is 3.04. The molecule has 0 aliphatic heterocycles. The van der Waals surface area contributed by atoms with E-state index in [2.05, 4.69) is 11.9 Å². The minimum absolute atomic E-state index is 0.756. The molecule has 0 aromatic heterocycles. The number of anilines is 2. The summed E-state index contributed by atoms with van der Waals surface area (Å²) in [6.07, 6.45) is 1.75. The number of benzene rings is 1. The predicted octanol–water partition coefficient (Wildman–Crippen LogP) is 1.95. The Hall–Kier alpha value is -1.44. The number of hydrogen-bond acceptors (Lipinski definition) is 2. The molecular formula is C9H12N2. The van der Waals surface area contributed by atoms with Crippen LogP contribution in [0.3, 0.4) is 0 Å². The van der Waals surface area contributed by atoms with Crippen molar-refractivity contribution in [1.82, 2.24) is 0 Å². The van der Waals surface area contributed by atoms with Crippen molar-refractivity contribution in [3.63, 3.8) is 0 Å². The lowest BCUT2D eigenvalue weighted by Gasteiger charge is -2.06. The second kappa shape index (κ2) is 3.10. The van der Waals surface area contributed by atoms with E-state index in [0.29, 0.717) is 0 Å². The summed E-state index contributed by atoms with van der Waals surface area (Å²) in [6.45, 7) is 3.68. The minimum atomic E-state index is 0.756. The van der Waals surface area contributed by atoms with Gasteiger partial charge in [-0.15, -0.1) is 0 Å². The molecule has 0 amide bonds. The Bertz CT molecular complexity index is 266. The summed E-state index contributed by atoms with van der Waals surface area (Å²) in [5.41, 5.74) is 8.43. The number of hydrogen-bond donors (Lipinski definition) is 2. The zero-order valence-electron chi connectivity index (χ0n) is 6.59. The summed E-state index contributed by atoms with van der Waals surface area (Å²) in [7, 11) is 1.86. The van der Waals surface area contributed by atoms with Crippen molar-refractivity contribution in [2.24, 2.45) is 0 Å². The van der Waals surface area contributed by atoms with Gasteiger partial charge in [-0.2, -0.15) is 0 Å². The van der Waals surface area contributed by atoms with Crippen molar-refractivity contribution in [3.8, 4) is 0 Å². The molecule has 1 aromatic rings. The van der Waals surface area contributed by atoms with Gasteiger partial charge in [0.05, 0.1) is 0 Å². The van der Waals surface area contributed by atoms with Crippen molar-refractivity contribution in [1.29, 1.82) is 0 Å². The van der Waals surface area contributed by atoms with Crippen LogP contribution in [-0.4, -0.2) is 7.05 Å². The average molecular weight is 148 g/mol. The summed E-state index contributed by atoms with van der Waals surface area (Å²) in [5.74, 6) is 0. The zero-order valence-corrected chi connectivity index (χ0v) is 6.59. The lowest BCUT2D eigenvalue weighted by Crippen LogP contribution is -1.95. The molecule has 0 bridgehead atoms. The Balaban J connectivity index is 3.24. The van der Waals surface area contributed by atoms with E-state index in [1.54, 1.807) is 6.08 Å². The van der Waals surface area contributed by atoms with Crippen LogP contribution in [0.5, 0.6) is 0 Å². The third-order valence-electron chi connectivity index (χ3n) is 1.61. The van der Waals surface area contributed by atoms with Gasteiger partial charge in [0.25, 0.3) is 0 Å². The van der Waals surface area contributed by atoms with E-state index in [9.17, 15) is 0 Å². The molecule has 0 saturated carbocycles. The topological polar surface area (TPSA) is 38.0 Å². The van der Waals surface area contributed by atoms with Crippen LogP contribution < -0.4 is 11.1 Å². The fraction of sp³-hybridized carbons (Fsp3) is 0.111. The lowest BCUT2D eigenvalue weighted by molar-refractivity contribution is 1.49. The largest absolute Gasteiger partial charge is 0.398 e. The van der Waals surface area contributed by atoms with Crippen molar-refractivity contribution in [3.05, 3.63) is 30.3 Å². The van der Waals surface area contributed by atoms with E-state index in [-0.39, 0.29) is 0 Å². The molecule has 3 N–H and O–H groups in total. The van der Waals surface area contributed by atoms with Gasteiger partial charge in [-0.1, -0.05) is 18.7 Å². The Kier molecular flexibility index (Phi) is 2.16. The van der Waals surface area contributed by atoms with E-state index >= 15 is 0 Å². The Morgan fingerprint density at radius 2 is 2.27 bits per heavy atom. The molecule has 0 atom stereocenters. The Morgan fingerprint density at radius 3 is 2.73 bits per heavy atom.